The van der Waals surface area contributed by atoms with E-state index < -0.39 is 0 Å². The summed E-state index contributed by atoms with van der Waals surface area (Å²) in [5.74, 6) is 1.42. The molecular formula is C21H30N2O3. The second kappa shape index (κ2) is 7.20. The van der Waals surface area contributed by atoms with Gasteiger partial charge in [-0.25, -0.2) is 0 Å². The zero-order chi connectivity index (χ0) is 18.1. The van der Waals surface area contributed by atoms with Gasteiger partial charge in [0.25, 0.3) is 0 Å². The van der Waals surface area contributed by atoms with Crippen molar-refractivity contribution in [1.29, 1.82) is 0 Å². The molecule has 5 nitrogen and oxygen atoms in total. The van der Waals surface area contributed by atoms with Crippen molar-refractivity contribution in [2.45, 2.75) is 49.7 Å². The minimum Gasteiger partial charge on any atom is -0.487 e. The van der Waals surface area contributed by atoms with E-state index in [0.717, 1.165) is 57.7 Å². The smallest absolute Gasteiger partial charge is 0.222 e. The Morgan fingerprint density at radius 1 is 1.27 bits per heavy atom. The molecule has 2 unspecified atom stereocenters. The van der Waals surface area contributed by atoms with Crippen LogP contribution in [0.3, 0.4) is 0 Å². The first-order valence-corrected chi connectivity index (χ1v) is 9.86. The van der Waals surface area contributed by atoms with Crippen LogP contribution in [0.2, 0.25) is 0 Å². The van der Waals surface area contributed by atoms with E-state index in [-0.39, 0.29) is 17.4 Å². The topological polar surface area (TPSA) is 42.0 Å². The zero-order valence-electron chi connectivity index (χ0n) is 15.9. The van der Waals surface area contributed by atoms with Crippen LogP contribution >= 0.6 is 0 Å². The van der Waals surface area contributed by atoms with Gasteiger partial charge < -0.3 is 14.4 Å². The molecule has 3 aliphatic rings. The molecular weight excluding hydrogens is 328 g/mol. The van der Waals surface area contributed by atoms with Crippen molar-refractivity contribution in [2.75, 3.05) is 40.4 Å². The van der Waals surface area contributed by atoms with Crippen LogP contribution in [-0.2, 0) is 9.53 Å². The second-order valence-electron chi connectivity index (χ2n) is 8.27. The number of amides is 1. The summed E-state index contributed by atoms with van der Waals surface area (Å²) in [4.78, 5) is 16.7. The minimum atomic E-state index is -0.123. The molecule has 0 N–H and O–H groups in total. The fraction of sp³-hybridized carbons (Fsp3) is 0.667. The van der Waals surface area contributed by atoms with Crippen molar-refractivity contribution >= 4 is 5.91 Å². The van der Waals surface area contributed by atoms with Crippen LogP contribution in [-0.4, -0.2) is 67.7 Å². The molecule has 3 aliphatic heterocycles. The lowest BCUT2D eigenvalue weighted by Crippen LogP contribution is -2.53. The zero-order valence-corrected chi connectivity index (χ0v) is 15.9. The van der Waals surface area contributed by atoms with Crippen molar-refractivity contribution in [1.82, 2.24) is 9.80 Å². The number of fused-ring (bicyclic) bond motifs is 1. The number of ether oxygens (including phenoxy) is 2. The van der Waals surface area contributed by atoms with Gasteiger partial charge in [0.05, 0.1) is 6.61 Å². The predicted molar refractivity (Wildman–Crippen MR) is 101 cm³/mol. The highest BCUT2D eigenvalue weighted by Crippen LogP contribution is 2.46. The maximum atomic E-state index is 12.4. The van der Waals surface area contributed by atoms with Gasteiger partial charge in [0.15, 0.2) is 0 Å². The lowest BCUT2D eigenvalue weighted by molar-refractivity contribution is -0.129. The van der Waals surface area contributed by atoms with Gasteiger partial charge in [0.1, 0.15) is 11.4 Å². The Balaban J connectivity index is 1.50. The molecule has 2 atom stereocenters. The Morgan fingerprint density at radius 3 is 2.73 bits per heavy atom. The molecule has 1 aromatic carbocycles. The van der Waals surface area contributed by atoms with Crippen LogP contribution in [0, 0.1) is 0 Å². The number of rotatable bonds is 3. The van der Waals surface area contributed by atoms with Crippen LogP contribution in [0.1, 0.15) is 43.6 Å². The first-order valence-electron chi connectivity index (χ1n) is 9.86. The summed E-state index contributed by atoms with van der Waals surface area (Å²) < 4.78 is 12.1. The molecule has 3 heterocycles. The van der Waals surface area contributed by atoms with Gasteiger partial charge in [-0.1, -0.05) is 18.2 Å². The average molecular weight is 358 g/mol. The molecule has 2 saturated heterocycles. The number of hydrogen-bond donors (Lipinski definition) is 0. The normalized spacial score (nSPS) is 27.8. The SMILES string of the molecule is CN(C)C(=O)CC1CC2(CCN(C3CCOC3)CC2)Oc2ccccc21. The van der Waals surface area contributed by atoms with E-state index in [9.17, 15) is 4.79 Å². The van der Waals surface area contributed by atoms with Crippen molar-refractivity contribution in [3.05, 3.63) is 29.8 Å². The van der Waals surface area contributed by atoms with Gasteiger partial charge in [0.2, 0.25) is 5.91 Å². The summed E-state index contributed by atoms with van der Waals surface area (Å²) in [6, 6.07) is 8.86. The maximum Gasteiger partial charge on any atom is 0.222 e. The molecule has 0 saturated carbocycles. The van der Waals surface area contributed by atoms with Crippen molar-refractivity contribution in [2.24, 2.45) is 0 Å². The quantitative estimate of drug-likeness (QED) is 0.833. The molecule has 26 heavy (non-hydrogen) atoms. The minimum absolute atomic E-state index is 0.123. The molecule has 5 heteroatoms. The molecule has 4 rings (SSSR count). The van der Waals surface area contributed by atoms with Crippen LogP contribution in [0.5, 0.6) is 5.75 Å². The van der Waals surface area contributed by atoms with Crippen LogP contribution in [0.25, 0.3) is 0 Å². The summed E-state index contributed by atoms with van der Waals surface area (Å²) in [6.45, 7) is 3.89. The lowest BCUT2D eigenvalue weighted by atomic mass is 9.76. The Bertz CT molecular complexity index is 646. The van der Waals surface area contributed by atoms with E-state index in [1.807, 2.05) is 20.2 Å². The molecule has 142 valence electrons. The van der Waals surface area contributed by atoms with Crippen molar-refractivity contribution in [3.8, 4) is 5.75 Å². The summed E-state index contributed by atoms with van der Waals surface area (Å²) >= 11 is 0. The summed E-state index contributed by atoms with van der Waals surface area (Å²) in [5, 5.41) is 0. The number of carbonyl (C=O) groups is 1. The summed E-state index contributed by atoms with van der Waals surface area (Å²) in [7, 11) is 3.68. The molecule has 0 aromatic heterocycles. The molecule has 2 fully saturated rings. The third-order valence-corrected chi connectivity index (χ3v) is 6.35. The van der Waals surface area contributed by atoms with Crippen LogP contribution in [0.4, 0.5) is 0 Å². The van der Waals surface area contributed by atoms with E-state index in [2.05, 4.69) is 23.1 Å². The van der Waals surface area contributed by atoms with Gasteiger partial charge in [-0.15, -0.1) is 0 Å². The highest BCUT2D eigenvalue weighted by atomic mass is 16.5. The number of para-hydroxylation sites is 1. The lowest BCUT2D eigenvalue weighted by Gasteiger charge is -2.48. The van der Waals surface area contributed by atoms with Crippen molar-refractivity contribution in [3.63, 3.8) is 0 Å². The highest BCUT2D eigenvalue weighted by Gasteiger charge is 2.44. The largest absolute Gasteiger partial charge is 0.487 e. The Kier molecular flexibility index (Phi) is 4.93. The first-order chi connectivity index (χ1) is 12.6. The highest BCUT2D eigenvalue weighted by molar-refractivity contribution is 5.76. The van der Waals surface area contributed by atoms with Gasteiger partial charge in [0, 0.05) is 52.2 Å². The fourth-order valence-electron chi connectivity index (χ4n) is 4.73. The van der Waals surface area contributed by atoms with E-state index in [0.29, 0.717) is 12.5 Å². The number of nitrogens with zero attached hydrogens (tertiary/aromatic N) is 2. The third-order valence-electron chi connectivity index (χ3n) is 6.35. The van der Waals surface area contributed by atoms with E-state index >= 15 is 0 Å². The van der Waals surface area contributed by atoms with E-state index in [4.69, 9.17) is 9.47 Å². The van der Waals surface area contributed by atoms with Gasteiger partial charge in [-0.3, -0.25) is 9.69 Å². The number of carbonyl (C=O) groups excluding carboxylic acids is 1. The first kappa shape index (κ1) is 17.8. The molecule has 1 amide bonds. The Morgan fingerprint density at radius 2 is 2.04 bits per heavy atom. The number of hydrogen-bond acceptors (Lipinski definition) is 4. The molecule has 1 spiro atoms. The maximum absolute atomic E-state index is 12.4. The van der Waals surface area contributed by atoms with Crippen molar-refractivity contribution < 1.29 is 14.3 Å². The predicted octanol–water partition coefficient (Wildman–Crippen LogP) is 2.65. The van der Waals surface area contributed by atoms with E-state index in [1.165, 1.54) is 5.56 Å². The van der Waals surface area contributed by atoms with Gasteiger partial charge in [-0.2, -0.15) is 0 Å². The Hall–Kier alpha value is -1.59. The molecule has 1 aromatic rings. The van der Waals surface area contributed by atoms with Crippen LogP contribution in [0.15, 0.2) is 24.3 Å². The number of benzene rings is 1. The standard InChI is InChI=1S/C21H30N2O3/c1-22(2)20(24)13-16-14-21(26-19-6-4-3-5-18(16)19)8-10-23(11-9-21)17-7-12-25-15-17/h3-6,16-17H,7-15H2,1-2H3. The van der Waals surface area contributed by atoms with Gasteiger partial charge >= 0.3 is 0 Å². The monoisotopic (exact) mass is 358 g/mol. The van der Waals surface area contributed by atoms with E-state index in [1.54, 1.807) is 4.90 Å². The average Bonchev–Trinajstić information content (AvgIpc) is 3.17. The third kappa shape index (κ3) is 3.47. The molecule has 0 bridgehead atoms. The van der Waals surface area contributed by atoms with Gasteiger partial charge in [-0.05, 0) is 37.3 Å². The summed E-state index contributed by atoms with van der Waals surface area (Å²) in [5.41, 5.74) is 1.07. The number of likely N-dealkylation sites (tertiary alicyclic amines) is 1. The summed E-state index contributed by atoms with van der Waals surface area (Å²) in [6.07, 6.45) is 4.72. The molecule has 0 radical (unpaired) electrons. The fourth-order valence-corrected chi connectivity index (χ4v) is 4.73. The number of piperidine rings is 1. The molecule has 0 aliphatic carbocycles. The second-order valence-corrected chi connectivity index (χ2v) is 8.27. The Labute approximate surface area is 156 Å². The van der Waals surface area contributed by atoms with Crippen LogP contribution < -0.4 is 4.74 Å².